The molecule has 0 atom stereocenters. The van der Waals surface area contributed by atoms with Crippen LogP contribution in [0.25, 0.3) is 0 Å². The predicted octanol–water partition coefficient (Wildman–Crippen LogP) is 0.908. The van der Waals surface area contributed by atoms with Crippen molar-refractivity contribution in [2.45, 2.75) is 26.3 Å². The largest absolute Gasteiger partial charge is 0.476 e. The monoisotopic (exact) mass is 319 g/mol. The molecule has 0 aromatic carbocycles. The quantitative estimate of drug-likeness (QED) is 0.840. The molecule has 0 saturated carbocycles. The van der Waals surface area contributed by atoms with Crippen molar-refractivity contribution < 1.29 is 18.3 Å². The zero-order valence-corrected chi connectivity index (χ0v) is 12.7. The molecule has 2 heterocycles. The zero-order chi connectivity index (χ0) is 14.8. The highest BCUT2D eigenvalue weighted by Crippen LogP contribution is 2.18. The molecule has 1 aliphatic heterocycles. The first-order valence-electron chi connectivity index (χ1n) is 6.31. The van der Waals surface area contributed by atoms with Crippen molar-refractivity contribution in [3.8, 4) is 0 Å². The summed E-state index contributed by atoms with van der Waals surface area (Å²) in [5.74, 6) is -0.557. The Bertz CT molecular complexity index is 576. The molecule has 0 unspecified atom stereocenters. The van der Waals surface area contributed by atoms with E-state index < -0.39 is 16.2 Å². The summed E-state index contributed by atoms with van der Waals surface area (Å²) in [6.07, 6.45) is 1.72. The van der Waals surface area contributed by atoms with Crippen molar-refractivity contribution in [2.75, 3.05) is 13.1 Å². The summed E-state index contributed by atoms with van der Waals surface area (Å²) in [4.78, 5) is 14.5. The maximum absolute atomic E-state index is 12.1. The molecule has 112 valence electrons. The average molecular weight is 319 g/mol. The fourth-order valence-corrected chi connectivity index (χ4v) is 3.95. The highest BCUT2D eigenvalue weighted by Gasteiger charge is 2.26. The Morgan fingerprint density at radius 1 is 1.55 bits per heavy atom. The van der Waals surface area contributed by atoms with Crippen molar-refractivity contribution in [3.63, 3.8) is 0 Å². The van der Waals surface area contributed by atoms with E-state index in [1.54, 1.807) is 0 Å². The zero-order valence-electron chi connectivity index (χ0n) is 11.1. The molecule has 7 nitrogen and oxygen atoms in total. The molecule has 0 aliphatic carbocycles. The van der Waals surface area contributed by atoms with Crippen LogP contribution in [0, 0.1) is 5.92 Å². The van der Waals surface area contributed by atoms with Gasteiger partial charge in [-0.3, -0.25) is 0 Å². The maximum atomic E-state index is 12.1. The summed E-state index contributed by atoms with van der Waals surface area (Å²) < 4.78 is 28.1. The van der Waals surface area contributed by atoms with Crippen molar-refractivity contribution in [2.24, 2.45) is 5.92 Å². The van der Waals surface area contributed by atoms with Gasteiger partial charge in [0.05, 0.1) is 6.54 Å². The van der Waals surface area contributed by atoms with Gasteiger partial charge in [0.15, 0.2) is 5.69 Å². The van der Waals surface area contributed by atoms with Crippen LogP contribution >= 0.6 is 11.3 Å². The fourth-order valence-electron chi connectivity index (χ4n) is 1.96. The minimum absolute atomic E-state index is 0.0202. The summed E-state index contributed by atoms with van der Waals surface area (Å²) in [6.45, 7) is 3.18. The highest BCUT2D eigenvalue weighted by atomic mass is 32.2. The third-order valence-corrected chi connectivity index (χ3v) is 5.66. The number of carboxylic acids is 1. The SMILES string of the molecule is CC1CCN(S(=O)(=O)NCc2nc(C(=O)O)cs2)CC1. The van der Waals surface area contributed by atoms with E-state index in [2.05, 4.69) is 16.6 Å². The van der Waals surface area contributed by atoms with E-state index in [9.17, 15) is 13.2 Å². The molecule has 0 bridgehead atoms. The number of hydrogen-bond acceptors (Lipinski definition) is 5. The van der Waals surface area contributed by atoms with E-state index in [-0.39, 0.29) is 12.2 Å². The second-order valence-electron chi connectivity index (χ2n) is 4.84. The molecule has 2 rings (SSSR count). The Balaban J connectivity index is 1.93. The Morgan fingerprint density at radius 3 is 2.75 bits per heavy atom. The van der Waals surface area contributed by atoms with Crippen LogP contribution in [-0.4, -0.2) is 41.9 Å². The Morgan fingerprint density at radius 2 is 2.20 bits per heavy atom. The van der Waals surface area contributed by atoms with Crippen LogP contribution in [0.4, 0.5) is 0 Å². The molecule has 1 aromatic heterocycles. The molecular formula is C11H17N3O4S2. The molecule has 1 aromatic rings. The van der Waals surface area contributed by atoms with E-state index in [0.29, 0.717) is 24.0 Å². The van der Waals surface area contributed by atoms with Gasteiger partial charge in [-0.05, 0) is 18.8 Å². The molecule has 0 spiro atoms. The van der Waals surface area contributed by atoms with Gasteiger partial charge in [-0.1, -0.05) is 6.92 Å². The molecule has 0 radical (unpaired) electrons. The van der Waals surface area contributed by atoms with Gasteiger partial charge in [-0.2, -0.15) is 17.4 Å². The minimum Gasteiger partial charge on any atom is -0.476 e. The number of aromatic nitrogens is 1. The van der Waals surface area contributed by atoms with Crippen molar-refractivity contribution in [3.05, 3.63) is 16.1 Å². The highest BCUT2D eigenvalue weighted by molar-refractivity contribution is 7.87. The van der Waals surface area contributed by atoms with Gasteiger partial charge in [-0.15, -0.1) is 11.3 Å². The lowest BCUT2D eigenvalue weighted by Crippen LogP contribution is -2.44. The number of carbonyl (C=O) groups is 1. The van der Waals surface area contributed by atoms with Crippen molar-refractivity contribution in [1.82, 2.24) is 14.0 Å². The second kappa shape index (κ2) is 6.17. The van der Waals surface area contributed by atoms with Gasteiger partial charge < -0.3 is 5.11 Å². The van der Waals surface area contributed by atoms with Gasteiger partial charge in [-0.25, -0.2) is 9.78 Å². The van der Waals surface area contributed by atoms with Crippen LogP contribution in [-0.2, 0) is 16.8 Å². The number of rotatable bonds is 5. The van der Waals surface area contributed by atoms with Gasteiger partial charge in [0.25, 0.3) is 10.2 Å². The summed E-state index contributed by atoms with van der Waals surface area (Å²) in [5.41, 5.74) is -0.0593. The van der Waals surface area contributed by atoms with Gasteiger partial charge in [0.1, 0.15) is 5.01 Å². The van der Waals surface area contributed by atoms with Gasteiger partial charge in [0, 0.05) is 18.5 Å². The number of aromatic carboxylic acids is 1. The fraction of sp³-hybridized carbons (Fsp3) is 0.636. The number of piperidine rings is 1. The Kier molecular flexibility index (Phi) is 4.74. The lowest BCUT2D eigenvalue weighted by atomic mass is 10.0. The molecular weight excluding hydrogens is 302 g/mol. The van der Waals surface area contributed by atoms with Crippen molar-refractivity contribution >= 4 is 27.5 Å². The number of hydrogen-bond donors (Lipinski definition) is 2. The minimum atomic E-state index is -3.51. The summed E-state index contributed by atoms with van der Waals surface area (Å²) in [6, 6.07) is 0. The third-order valence-electron chi connectivity index (χ3n) is 3.26. The number of thiazole rings is 1. The summed E-state index contributed by atoms with van der Waals surface area (Å²) >= 11 is 1.13. The van der Waals surface area contributed by atoms with Crippen LogP contribution < -0.4 is 4.72 Å². The van der Waals surface area contributed by atoms with E-state index in [4.69, 9.17) is 5.11 Å². The first kappa shape index (κ1) is 15.4. The lowest BCUT2D eigenvalue weighted by molar-refractivity contribution is 0.0691. The average Bonchev–Trinajstić information content (AvgIpc) is 2.86. The standard InChI is InChI=1S/C11H17N3O4S2/c1-8-2-4-14(5-3-8)20(17,18)12-6-10-13-9(7-19-10)11(15)16/h7-8,12H,2-6H2,1H3,(H,15,16). The molecule has 1 fully saturated rings. The normalized spacial score (nSPS) is 18.2. The van der Waals surface area contributed by atoms with E-state index in [1.807, 2.05) is 0 Å². The van der Waals surface area contributed by atoms with E-state index >= 15 is 0 Å². The van der Waals surface area contributed by atoms with Crippen LogP contribution in [0.3, 0.4) is 0 Å². The van der Waals surface area contributed by atoms with E-state index in [0.717, 1.165) is 24.2 Å². The molecule has 9 heteroatoms. The summed E-state index contributed by atoms with van der Waals surface area (Å²) in [7, 11) is -3.51. The predicted molar refractivity (Wildman–Crippen MR) is 74.8 cm³/mol. The topological polar surface area (TPSA) is 99.6 Å². The smallest absolute Gasteiger partial charge is 0.355 e. The van der Waals surface area contributed by atoms with Crippen LogP contribution in [0.15, 0.2) is 5.38 Å². The number of nitrogens with one attached hydrogen (secondary N) is 1. The van der Waals surface area contributed by atoms with E-state index in [1.165, 1.54) is 9.69 Å². The van der Waals surface area contributed by atoms with Crippen LogP contribution in [0.1, 0.15) is 35.3 Å². The molecule has 20 heavy (non-hydrogen) atoms. The summed E-state index contributed by atoms with van der Waals surface area (Å²) in [5, 5.41) is 10.6. The van der Waals surface area contributed by atoms with Gasteiger partial charge in [0.2, 0.25) is 0 Å². The van der Waals surface area contributed by atoms with Crippen LogP contribution in [0.5, 0.6) is 0 Å². The first-order valence-corrected chi connectivity index (χ1v) is 8.63. The molecule has 1 aliphatic rings. The van der Waals surface area contributed by atoms with Crippen LogP contribution in [0.2, 0.25) is 0 Å². The lowest BCUT2D eigenvalue weighted by Gasteiger charge is -2.29. The number of nitrogens with zero attached hydrogens (tertiary/aromatic N) is 2. The molecule has 2 N–H and O–H groups in total. The first-order chi connectivity index (χ1) is 9.38. The number of carboxylic acid groups (broad SMARTS) is 1. The second-order valence-corrected chi connectivity index (χ2v) is 7.54. The maximum Gasteiger partial charge on any atom is 0.355 e. The van der Waals surface area contributed by atoms with Gasteiger partial charge >= 0.3 is 5.97 Å². The Labute approximate surface area is 121 Å². The Hall–Kier alpha value is -1.03. The molecule has 0 amide bonds. The third kappa shape index (κ3) is 3.75. The van der Waals surface area contributed by atoms with Crippen molar-refractivity contribution in [1.29, 1.82) is 0 Å². The molecule has 1 saturated heterocycles.